The Morgan fingerprint density at radius 1 is 0.900 bits per heavy atom. The van der Waals surface area contributed by atoms with Gasteiger partial charge in [-0.25, -0.2) is 0 Å². The predicted octanol–water partition coefficient (Wildman–Crippen LogP) is 9.12. The normalized spacial score (nSPS) is 40.1. The van der Waals surface area contributed by atoms with Gasteiger partial charge in [-0.15, -0.1) is 0 Å². The molecule has 0 radical (unpaired) electrons. The topological polar surface area (TPSA) is 105 Å². The maximum absolute atomic E-state index is 14.1. The fraction of sp³-hybridized carbons (Fsp3) is 0.814. The van der Waals surface area contributed by atoms with Crippen LogP contribution in [0.15, 0.2) is 24.8 Å². The van der Waals surface area contributed by atoms with Crippen molar-refractivity contribution < 1.29 is 23.9 Å². The summed E-state index contributed by atoms with van der Waals surface area (Å²) in [5, 5.41) is 12.3. The maximum Gasteiger partial charge on any atom is 0.306 e. The molecule has 0 bridgehead atoms. The van der Waals surface area contributed by atoms with Crippen molar-refractivity contribution >= 4 is 17.8 Å². The van der Waals surface area contributed by atoms with Crippen molar-refractivity contribution in [2.75, 3.05) is 13.2 Å². The summed E-state index contributed by atoms with van der Waals surface area (Å²) in [6, 6.07) is 2.19. The summed E-state index contributed by atoms with van der Waals surface area (Å²) in [6.45, 7) is 27.1. The summed E-state index contributed by atoms with van der Waals surface area (Å²) in [5.74, 6) is 1.74. The molecule has 50 heavy (non-hydrogen) atoms. The Morgan fingerprint density at radius 2 is 1.60 bits per heavy atom. The van der Waals surface area contributed by atoms with Crippen LogP contribution in [-0.4, -0.2) is 37.1 Å². The first kappa shape index (κ1) is 38.6. The molecular weight excluding hydrogens is 624 g/mol. The molecule has 3 unspecified atom stereocenters. The Bertz CT molecular complexity index is 1410. The average Bonchev–Trinajstić information content (AvgIpc) is 3.43. The van der Waals surface area contributed by atoms with Gasteiger partial charge in [-0.2, -0.15) is 5.26 Å². The van der Waals surface area contributed by atoms with Crippen LogP contribution in [-0.2, 0) is 23.9 Å². The number of ether oxygens (including phenoxy) is 2. The zero-order chi connectivity index (χ0) is 36.9. The molecule has 1 N–H and O–H groups in total. The number of nitrogens with one attached hydrogen (secondary N) is 1. The van der Waals surface area contributed by atoms with Crippen LogP contribution in [0, 0.1) is 73.4 Å². The number of nitriles is 1. The molecule has 5 saturated carbocycles. The smallest absolute Gasteiger partial charge is 0.306 e. The molecule has 0 heterocycles. The number of esters is 2. The Balaban J connectivity index is 1.35. The highest BCUT2D eigenvalue weighted by Crippen LogP contribution is 2.77. The highest BCUT2D eigenvalue weighted by molar-refractivity contribution is 5.84. The van der Waals surface area contributed by atoms with Crippen molar-refractivity contribution in [3.05, 3.63) is 24.8 Å². The van der Waals surface area contributed by atoms with Crippen molar-refractivity contribution in [3.8, 4) is 6.07 Å². The number of hydrogen-bond donors (Lipinski definition) is 1. The lowest BCUT2D eigenvalue weighted by molar-refractivity contribution is -0.249. The van der Waals surface area contributed by atoms with E-state index < -0.39 is 5.41 Å². The van der Waals surface area contributed by atoms with Crippen molar-refractivity contribution in [2.24, 2.45) is 62.1 Å². The Labute approximate surface area is 302 Å². The highest BCUT2D eigenvalue weighted by Gasteiger charge is 2.72. The van der Waals surface area contributed by atoms with E-state index >= 15 is 0 Å². The van der Waals surface area contributed by atoms with Crippen LogP contribution in [0.25, 0.3) is 0 Å². The fourth-order valence-corrected chi connectivity index (χ4v) is 13.4. The van der Waals surface area contributed by atoms with E-state index in [1.807, 2.05) is 13.8 Å². The van der Waals surface area contributed by atoms with Crippen LogP contribution in [0.5, 0.6) is 0 Å². The SMILES string of the molecule is C=CCOC(=O)CC(C)(C)CC(=O)O[C@H]1CC[C@@]2(C)C(CC[C@]3(C)C2CC[C@@H]2C4[C@H](C(=C)C)CC[C@]4(C(=O)NCCC#N)CC[C@]23C)C1(C)C. The Kier molecular flexibility index (Phi) is 10.6. The second-order valence-electron chi connectivity index (χ2n) is 19.3. The second kappa shape index (κ2) is 13.7. The highest BCUT2D eigenvalue weighted by atomic mass is 16.5. The second-order valence-corrected chi connectivity index (χ2v) is 19.3. The number of hydrogen-bond acceptors (Lipinski definition) is 6. The summed E-state index contributed by atoms with van der Waals surface area (Å²) in [5.41, 5.74) is 0.534. The number of fused-ring (bicyclic) bond motifs is 7. The molecule has 7 heteroatoms. The number of nitrogens with zero attached hydrogens (tertiary/aromatic N) is 1. The number of carbonyl (C=O) groups excluding carboxylic acids is 3. The zero-order valence-electron chi connectivity index (χ0n) is 32.6. The molecule has 5 rings (SSSR count). The van der Waals surface area contributed by atoms with Crippen LogP contribution < -0.4 is 5.32 Å². The molecule has 0 aromatic rings. The van der Waals surface area contributed by atoms with Crippen LogP contribution in [0.3, 0.4) is 0 Å². The lowest BCUT2D eigenvalue weighted by Crippen LogP contribution is -2.67. The third kappa shape index (κ3) is 6.27. The number of allylic oxidation sites excluding steroid dienone is 1. The molecule has 0 saturated heterocycles. The minimum absolute atomic E-state index is 0.120. The van der Waals surface area contributed by atoms with Crippen molar-refractivity contribution in [1.29, 1.82) is 5.26 Å². The van der Waals surface area contributed by atoms with Gasteiger partial charge in [-0.1, -0.05) is 73.3 Å². The van der Waals surface area contributed by atoms with E-state index in [9.17, 15) is 14.4 Å². The molecule has 0 aromatic carbocycles. The minimum atomic E-state index is -0.555. The van der Waals surface area contributed by atoms with Gasteiger partial charge in [0, 0.05) is 12.0 Å². The van der Waals surface area contributed by atoms with Crippen molar-refractivity contribution in [1.82, 2.24) is 5.32 Å². The molecule has 278 valence electrons. The molecule has 0 aliphatic heterocycles. The largest absolute Gasteiger partial charge is 0.462 e. The first-order valence-electron chi connectivity index (χ1n) is 19.6. The van der Waals surface area contributed by atoms with E-state index in [4.69, 9.17) is 14.7 Å². The van der Waals surface area contributed by atoms with Gasteiger partial charge in [0.05, 0.1) is 30.7 Å². The summed E-state index contributed by atoms with van der Waals surface area (Å²) in [4.78, 5) is 39.7. The van der Waals surface area contributed by atoms with Gasteiger partial charge in [0.25, 0.3) is 0 Å². The molecule has 1 amide bonds. The third-order valence-electron chi connectivity index (χ3n) is 15.9. The van der Waals surface area contributed by atoms with E-state index in [2.05, 4.69) is 66.1 Å². The Morgan fingerprint density at radius 3 is 2.26 bits per heavy atom. The minimum Gasteiger partial charge on any atom is -0.462 e. The quantitative estimate of drug-likeness (QED) is 0.132. The first-order chi connectivity index (χ1) is 23.3. The van der Waals surface area contributed by atoms with Crippen molar-refractivity contribution in [2.45, 2.75) is 145 Å². The van der Waals surface area contributed by atoms with E-state index in [0.717, 1.165) is 57.8 Å². The lowest BCUT2D eigenvalue weighted by Gasteiger charge is -2.72. The number of amides is 1. The van der Waals surface area contributed by atoms with E-state index in [1.54, 1.807) is 6.08 Å². The van der Waals surface area contributed by atoms with Crippen molar-refractivity contribution in [3.63, 3.8) is 0 Å². The predicted molar refractivity (Wildman–Crippen MR) is 196 cm³/mol. The lowest BCUT2D eigenvalue weighted by atomic mass is 9.32. The van der Waals surface area contributed by atoms with Crippen LogP contribution >= 0.6 is 0 Å². The summed E-state index contributed by atoms with van der Waals surface area (Å²) < 4.78 is 11.5. The fourth-order valence-electron chi connectivity index (χ4n) is 13.4. The van der Waals surface area contributed by atoms with Gasteiger partial charge in [0.1, 0.15) is 12.7 Å². The van der Waals surface area contributed by atoms with Gasteiger partial charge in [0.15, 0.2) is 0 Å². The monoisotopic (exact) mass is 690 g/mol. The summed E-state index contributed by atoms with van der Waals surface area (Å²) in [6.07, 6.45) is 12.5. The van der Waals surface area contributed by atoms with E-state index in [1.165, 1.54) is 12.0 Å². The Hall–Kier alpha value is -2.62. The first-order valence-corrected chi connectivity index (χ1v) is 19.6. The van der Waals surface area contributed by atoms with E-state index in [0.29, 0.717) is 42.6 Å². The molecule has 0 aromatic heterocycles. The van der Waals surface area contributed by atoms with Crippen LogP contribution in [0.1, 0.15) is 139 Å². The third-order valence-corrected chi connectivity index (χ3v) is 15.9. The molecule has 5 aliphatic carbocycles. The zero-order valence-corrected chi connectivity index (χ0v) is 32.6. The molecular formula is C43H66N2O5. The standard InChI is InChI=1S/C43H66N2O5/c1-11-25-49-34(46)26-38(4,5)27-35(47)50-33-17-18-40(8)31(39(33,6)7)16-19-42(10)32(40)14-13-30-36-29(28(2)3)15-20-43(36,22-21-41(30,42)9)37(48)45-24-12-23-44/h11,29-33,36H,1-2,12-22,24-27H2,3-10H3,(H,45,48)/t29-,30+,31?,32?,33-,36?,40-,41+,42+,43-/m0/s1. The summed E-state index contributed by atoms with van der Waals surface area (Å²) in [7, 11) is 0. The molecule has 10 atom stereocenters. The molecule has 5 aliphatic rings. The van der Waals surface area contributed by atoms with Gasteiger partial charge in [-0.3, -0.25) is 14.4 Å². The molecule has 7 nitrogen and oxygen atoms in total. The van der Waals surface area contributed by atoms with Gasteiger partial charge >= 0.3 is 11.9 Å². The maximum atomic E-state index is 14.1. The average molecular weight is 691 g/mol. The molecule has 0 spiro atoms. The van der Waals surface area contributed by atoms with Crippen LogP contribution in [0.2, 0.25) is 0 Å². The summed E-state index contributed by atoms with van der Waals surface area (Å²) >= 11 is 0. The van der Waals surface area contributed by atoms with Gasteiger partial charge in [0.2, 0.25) is 5.91 Å². The number of rotatable bonds is 11. The van der Waals surface area contributed by atoms with Gasteiger partial charge in [-0.05, 0) is 122 Å². The van der Waals surface area contributed by atoms with E-state index in [-0.39, 0.29) is 70.5 Å². The molecule has 5 fully saturated rings. The van der Waals surface area contributed by atoms with Gasteiger partial charge < -0.3 is 14.8 Å². The van der Waals surface area contributed by atoms with Crippen LogP contribution in [0.4, 0.5) is 0 Å². The number of carbonyl (C=O) groups is 3.